The lowest BCUT2D eigenvalue weighted by Gasteiger charge is -2.06. The molecule has 5 nitrogen and oxygen atoms in total. The van der Waals surface area contributed by atoms with Gasteiger partial charge in [0.25, 0.3) is 0 Å². The summed E-state index contributed by atoms with van der Waals surface area (Å²) in [5.74, 6) is -0.945. The molecule has 0 amide bonds. The van der Waals surface area contributed by atoms with Crippen molar-refractivity contribution >= 4 is 39.0 Å². The lowest BCUT2D eigenvalue weighted by atomic mass is 10.0. The zero-order valence-corrected chi connectivity index (χ0v) is 18.3. The van der Waals surface area contributed by atoms with Crippen molar-refractivity contribution in [1.82, 2.24) is 4.40 Å². The summed E-state index contributed by atoms with van der Waals surface area (Å²) in [7, 11) is 0. The second kappa shape index (κ2) is 8.70. The SMILES string of the molecule is CCOC(=O)c1cc(C(=O)c2ccc(Br)cc2)n2ccc(C(=O)c3ccccc3)cc12. The Morgan fingerprint density at radius 2 is 1.52 bits per heavy atom. The van der Waals surface area contributed by atoms with Crippen molar-refractivity contribution in [2.45, 2.75) is 6.92 Å². The summed E-state index contributed by atoms with van der Waals surface area (Å²) in [5.41, 5.74) is 2.46. The molecule has 154 valence electrons. The molecule has 0 aliphatic rings. The van der Waals surface area contributed by atoms with E-state index in [2.05, 4.69) is 15.9 Å². The first-order chi connectivity index (χ1) is 15.0. The predicted octanol–water partition coefficient (Wildman–Crippen LogP) is 5.34. The molecule has 2 aromatic carbocycles. The molecule has 0 spiro atoms. The summed E-state index contributed by atoms with van der Waals surface area (Å²) in [6.45, 7) is 1.92. The van der Waals surface area contributed by atoms with Crippen LogP contribution in [-0.4, -0.2) is 28.5 Å². The number of fused-ring (bicyclic) bond motifs is 1. The number of benzene rings is 2. The lowest BCUT2D eigenvalue weighted by molar-refractivity contribution is 0.0528. The fourth-order valence-corrected chi connectivity index (χ4v) is 3.66. The molecular formula is C25H18BrNO4. The number of ketones is 2. The van der Waals surface area contributed by atoms with Gasteiger partial charge in [0.15, 0.2) is 5.78 Å². The molecule has 31 heavy (non-hydrogen) atoms. The monoisotopic (exact) mass is 475 g/mol. The lowest BCUT2D eigenvalue weighted by Crippen LogP contribution is -2.07. The second-order valence-corrected chi connectivity index (χ2v) is 7.78. The maximum absolute atomic E-state index is 13.2. The standard InChI is InChI=1S/C25H18BrNO4/c1-2-31-25(30)20-15-22(24(29)17-8-10-19(26)11-9-17)27-13-12-18(14-21(20)27)23(28)16-6-4-3-5-7-16/h3-15H,2H2,1H3. The molecule has 4 aromatic rings. The molecule has 0 fully saturated rings. The molecule has 0 radical (unpaired) electrons. The van der Waals surface area contributed by atoms with Gasteiger partial charge in [0.2, 0.25) is 5.78 Å². The molecule has 4 rings (SSSR count). The number of nitrogens with zero attached hydrogens (tertiary/aromatic N) is 1. The van der Waals surface area contributed by atoms with E-state index in [9.17, 15) is 14.4 Å². The molecular weight excluding hydrogens is 458 g/mol. The van der Waals surface area contributed by atoms with Crippen molar-refractivity contribution in [3.8, 4) is 0 Å². The number of hydrogen-bond donors (Lipinski definition) is 0. The first-order valence-corrected chi connectivity index (χ1v) is 10.5. The predicted molar refractivity (Wildman–Crippen MR) is 121 cm³/mol. The van der Waals surface area contributed by atoms with Crippen molar-refractivity contribution in [3.63, 3.8) is 0 Å². The third kappa shape index (κ3) is 4.07. The van der Waals surface area contributed by atoms with E-state index >= 15 is 0 Å². The van der Waals surface area contributed by atoms with Gasteiger partial charge in [-0.25, -0.2) is 4.79 Å². The van der Waals surface area contributed by atoms with Gasteiger partial charge >= 0.3 is 5.97 Å². The summed E-state index contributed by atoms with van der Waals surface area (Å²) in [6, 6.07) is 20.7. The highest BCUT2D eigenvalue weighted by Gasteiger charge is 2.22. The molecule has 0 bridgehead atoms. The van der Waals surface area contributed by atoms with Crippen LogP contribution in [0.4, 0.5) is 0 Å². The van der Waals surface area contributed by atoms with Crippen LogP contribution >= 0.6 is 15.9 Å². The summed E-state index contributed by atoms with van der Waals surface area (Å²) in [6.07, 6.45) is 1.64. The number of carbonyl (C=O) groups excluding carboxylic acids is 3. The maximum Gasteiger partial charge on any atom is 0.340 e. The molecule has 0 N–H and O–H groups in total. The second-order valence-electron chi connectivity index (χ2n) is 6.87. The van der Waals surface area contributed by atoms with E-state index in [1.165, 1.54) is 6.07 Å². The Hall–Kier alpha value is -3.51. The van der Waals surface area contributed by atoms with Crippen LogP contribution in [0.2, 0.25) is 0 Å². The van der Waals surface area contributed by atoms with Gasteiger partial charge in [0, 0.05) is 27.4 Å². The highest BCUT2D eigenvalue weighted by atomic mass is 79.9. The summed E-state index contributed by atoms with van der Waals surface area (Å²) < 4.78 is 7.67. The highest BCUT2D eigenvalue weighted by molar-refractivity contribution is 9.10. The minimum Gasteiger partial charge on any atom is -0.462 e. The molecule has 0 aliphatic carbocycles. The molecule has 0 unspecified atom stereocenters. The van der Waals surface area contributed by atoms with Gasteiger partial charge in [-0.2, -0.15) is 0 Å². The number of aromatic nitrogens is 1. The third-order valence-electron chi connectivity index (χ3n) is 4.90. The Labute approximate surface area is 187 Å². The van der Waals surface area contributed by atoms with Crippen LogP contribution in [0.25, 0.3) is 5.52 Å². The minimum atomic E-state index is -0.542. The Morgan fingerprint density at radius 3 is 2.19 bits per heavy atom. The van der Waals surface area contributed by atoms with Gasteiger partial charge < -0.3 is 9.14 Å². The van der Waals surface area contributed by atoms with Gasteiger partial charge in [0.05, 0.1) is 23.4 Å². The van der Waals surface area contributed by atoms with Crippen LogP contribution in [0, 0.1) is 0 Å². The Balaban J connectivity index is 1.85. The fraction of sp³-hybridized carbons (Fsp3) is 0.0800. The third-order valence-corrected chi connectivity index (χ3v) is 5.43. The van der Waals surface area contributed by atoms with Crippen molar-refractivity contribution in [1.29, 1.82) is 0 Å². The number of ether oxygens (including phenoxy) is 1. The average Bonchev–Trinajstić information content (AvgIpc) is 3.18. The zero-order valence-electron chi connectivity index (χ0n) is 16.7. The van der Waals surface area contributed by atoms with Gasteiger partial charge in [-0.05, 0) is 49.4 Å². The molecule has 0 saturated heterocycles. The van der Waals surface area contributed by atoms with Gasteiger partial charge in [-0.3, -0.25) is 9.59 Å². The van der Waals surface area contributed by atoms with Gasteiger partial charge in [-0.1, -0.05) is 46.3 Å². The highest BCUT2D eigenvalue weighted by Crippen LogP contribution is 2.24. The molecule has 0 saturated carbocycles. The zero-order chi connectivity index (χ0) is 22.0. The Morgan fingerprint density at radius 1 is 0.839 bits per heavy atom. The first kappa shape index (κ1) is 20.8. The Kier molecular flexibility index (Phi) is 5.82. The molecule has 6 heteroatoms. The Bertz CT molecular complexity index is 1290. The quantitative estimate of drug-likeness (QED) is 0.278. The van der Waals surface area contributed by atoms with E-state index < -0.39 is 5.97 Å². The number of hydrogen-bond acceptors (Lipinski definition) is 4. The fourth-order valence-electron chi connectivity index (χ4n) is 3.39. The van der Waals surface area contributed by atoms with Crippen molar-refractivity contribution in [2.75, 3.05) is 6.61 Å². The maximum atomic E-state index is 13.2. The van der Waals surface area contributed by atoms with E-state index in [1.807, 2.05) is 6.07 Å². The van der Waals surface area contributed by atoms with Crippen molar-refractivity contribution < 1.29 is 19.1 Å². The van der Waals surface area contributed by atoms with E-state index in [-0.39, 0.29) is 23.7 Å². The van der Waals surface area contributed by atoms with E-state index in [0.717, 1.165) is 4.47 Å². The van der Waals surface area contributed by atoms with Crippen LogP contribution in [-0.2, 0) is 4.74 Å². The van der Waals surface area contributed by atoms with Crippen LogP contribution < -0.4 is 0 Å². The average molecular weight is 476 g/mol. The molecule has 0 aliphatic heterocycles. The number of pyridine rings is 1. The largest absolute Gasteiger partial charge is 0.462 e. The summed E-state index contributed by atoms with van der Waals surface area (Å²) in [5, 5.41) is 0. The number of rotatable bonds is 6. The summed E-state index contributed by atoms with van der Waals surface area (Å²) >= 11 is 3.36. The first-order valence-electron chi connectivity index (χ1n) is 9.72. The van der Waals surface area contributed by atoms with Gasteiger partial charge in [0.1, 0.15) is 0 Å². The molecule has 2 heterocycles. The minimum absolute atomic E-state index is 0.167. The topological polar surface area (TPSA) is 64.8 Å². The number of carbonyl (C=O) groups is 3. The molecule has 2 aromatic heterocycles. The van der Waals surface area contributed by atoms with E-state index in [1.54, 1.807) is 78.2 Å². The van der Waals surface area contributed by atoms with Crippen LogP contribution in [0.3, 0.4) is 0 Å². The van der Waals surface area contributed by atoms with Crippen LogP contribution in [0.1, 0.15) is 49.3 Å². The van der Waals surface area contributed by atoms with Crippen LogP contribution in [0.5, 0.6) is 0 Å². The normalized spacial score (nSPS) is 10.8. The van der Waals surface area contributed by atoms with Crippen LogP contribution in [0.15, 0.2) is 83.5 Å². The van der Waals surface area contributed by atoms with E-state index in [4.69, 9.17) is 4.74 Å². The number of esters is 1. The molecule has 0 atom stereocenters. The number of halogens is 1. The van der Waals surface area contributed by atoms with Gasteiger partial charge in [-0.15, -0.1) is 0 Å². The van der Waals surface area contributed by atoms with Crippen molar-refractivity contribution in [2.24, 2.45) is 0 Å². The summed E-state index contributed by atoms with van der Waals surface area (Å²) in [4.78, 5) is 38.6. The van der Waals surface area contributed by atoms with E-state index in [0.29, 0.717) is 27.9 Å². The van der Waals surface area contributed by atoms with Crippen molar-refractivity contribution in [3.05, 3.63) is 111 Å². The smallest absolute Gasteiger partial charge is 0.340 e.